The first-order chi connectivity index (χ1) is 5.76. The summed E-state index contributed by atoms with van der Waals surface area (Å²) in [4.78, 5) is 11.0. The van der Waals surface area contributed by atoms with Gasteiger partial charge in [0.15, 0.2) is 0 Å². The van der Waals surface area contributed by atoms with E-state index in [0.717, 1.165) is 0 Å². The summed E-state index contributed by atoms with van der Waals surface area (Å²) >= 11 is 0. The minimum absolute atomic E-state index is 0.143. The van der Waals surface area contributed by atoms with Crippen molar-refractivity contribution >= 4 is 5.97 Å². The third-order valence-electron chi connectivity index (χ3n) is 1.62. The summed E-state index contributed by atoms with van der Waals surface area (Å²) in [6, 6.07) is -0.235. The molecule has 1 unspecified atom stereocenters. The lowest BCUT2D eigenvalue weighted by atomic mass is 10.2. The van der Waals surface area contributed by atoms with Crippen LogP contribution in [-0.2, 0) is 9.53 Å². The lowest BCUT2D eigenvalue weighted by molar-refractivity contribution is -0.143. The number of aliphatic hydroxyl groups is 1. The molecule has 4 heteroatoms. The fourth-order valence-corrected chi connectivity index (χ4v) is 0.892. The predicted octanol–water partition coefficient (Wildman–Crippen LogP) is -0.0900. The number of carbonyl (C=O) groups is 1. The summed E-state index contributed by atoms with van der Waals surface area (Å²) in [6.07, 6.45) is 1.37. The van der Waals surface area contributed by atoms with E-state index in [0.29, 0.717) is 19.4 Å². The molecule has 2 N–H and O–H groups in total. The molecule has 0 bridgehead atoms. The fraction of sp³-hybridized carbons (Fsp3) is 0.875. The molecule has 12 heavy (non-hydrogen) atoms. The second-order valence-corrected chi connectivity index (χ2v) is 2.52. The van der Waals surface area contributed by atoms with Crippen molar-refractivity contribution in [2.24, 2.45) is 0 Å². The molecular weight excluding hydrogens is 158 g/mol. The summed E-state index contributed by atoms with van der Waals surface area (Å²) < 4.78 is 4.57. The summed E-state index contributed by atoms with van der Waals surface area (Å²) in [7, 11) is 1.37. The molecule has 0 aliphatic carbocycles. The molecule has 0 saturated heterocycles. The van der Waals surface area contributed by atoms with Gasteiger partial charge in [-0.25, -0.2) is 0 Å². The molecule has 72 valence electrons. The van der Waals surface area contributed by atoms with Crippen LogP contribution >= 0.6 is 0 Å². The van der Waals surface area contributed by atoms with Gasteiger partial charge in [-0.15, -0.1) is 0 Å². The van der Waals surface area contributed by atoms with E-state index < -0.39 is 0 Å². The smallest absolute Gasteiger partial charge is 0.322 e. The van der Waals surface area contributed by atoms with Crippen molar-refractivity contribution in [3.8, 4) is 0 Å². The summed E-state index contributed by atoms with van der Waals surface area (Å²) in [5.41, 5.74) is 0. The molecule has 0 aromatic carbocycles. The molecule has 0 aromatic rings. The average Bonchev–Trinajstić information content (AvgIpc) is 2.11. The average molecular weight is 175 g/mol. The van der Waals surface area contributed by atoms with Gasteiger partial charge in [0.2, 0.25) is 0 Å². The van der Waals surface area contributed by atoms with Crippen molar-refractivity contribution < 1.29 is 14.6 Å². The number of methoxy groups -OCH3 is 1. The van der Waals surface area contributed by atoms with Crippen molar-refractivity contribution in [2.45, 2.75) is 25.8 Å². The summed E-state index contributed by atoms with van der Waals surface area (Å²) in [6.45, 7) is 2.70. The van der Waals surface area contributed by atoms with E-state index in [9.17, 15) is 4.79 Å². The van der Waals surface area contributed by atoms with Crippen LogP contribution in [0.15, 0.2) is 0 Å². The maximum absolute atomic E-state index is 11.0. The Morgan fingerprint density at radius 2 is 2.33 bits per heavy atom. The van der Waals surface area contributed by atoms with Crippen molar-refractivity contribution in [1.82, 2.24) is 5.32 Å². The first-order valence-corrected chi connectivity index (χ1v) is 4.18. The van der Waals surface area contributed by atoms with Gasteiger partial charge in [0.25, 0.3) is 0 Å². The topological polar surface area (TPSA) is 58.6 Å². The Balaban J connectivity index is 3.60. The van der Waals surface area contributed by atoms with Gasteiger partial charge in [-0.1, -0.05) is 6.92 Å². The van der Waals surface area contributed by atoms with E-state index in [2.05, 4.69) is 10.1 Å². The second kappa shape index (κ2) is 7.06. The van der Waals surface area contributed by atoms with Crippen LogP contribution in [0.25, 0.3) is 0 Å². The summed E-state index contributed by atoms with van der Waals surface area (Å²) in [5, 5.41) is 11.5. The molecule has 0 rings (SSSR count). The minimum Gasteiger partial charge on any atom is -0.468 e. The number of rotatable bonds is 6. The molecule has 4 nitrogen and oxygen atoms in total. The van der Waals surface area contributed by atoms with Gasteiger partial charge in [0.05, 0.1) is 7.11 Å². The van der Waals surface area contributed by atoms with Gasteiger partial charge in [-0.3, -0.25) is 4.79 Å². The molecule has 0 saturated carbocycles. The van der Waals surface area contributed by atoms with Crippen LogP contribution in [0, 0.1) is 0 Å². The van der Waals surface area contributed by atoms with Crippen molar-refractivity contribution in [1.29, 1.82) is 0 Å². The van der Waals surface area contributed by atoms with E-state index in [1.54, 1.807) is 0 Å². The van der Waals surface area contributed by atoms with Gasteiger partial charge < -0.3 is 15.2 Å². The van der Waals surface area contributed by atoms with E-state index in [1.165, 1.54) is 7.11 Å². The maximum atomic E-state index is 11.0. The Labute approximate surface area is 72.9 Å². The molecule has 1 atom stereocenters. The molecule has 0 heterocycles. The highest BCUT2D eigenvalue weighted by Crippen LogP contribution is 1.93. The molecule has 0 aliphatic rings. The van der Waals surface area contributed by atoms with Gasteiger partial charge in [-0.05, 0) is 19.4 Å². The van der Waals surface area contributed by atoms with Gasteiger partial charge in [0, 0.05) is 6.61 Å². The third kappa shape index (κ3) is 4.31. The number of aliphatic hydroxyl groups excluding tert-OH is 1. The number of nitrogens with one attached hydrogen (secondary N) is 1. The zero-order valence-electron chi connectivity index (χ0n) is 7.67. The quantitative estimate of drug-likeness (QED) is 0.437. The highest BCUT2D eigenvalue weighted by Gasteiger charge is 2.14. The molecular formula is C8H17NO3. The van der Waals surface area contributed by atoms with E-state index in [-0.39, 0.29) is 18.6 Å². The van der Waals surface area contributed by atoms with Gasteiger partial charge in [-0.2, -0.15) is 0 Å². The highest BCUT2D eigenvalue weighted by molar-refractivity contribution is 5.75. The third-order valence-corrected chi connectivity index (χ3v) is 1.62. The second-order valence-electron chi connectivity index (χ2n) is 2.52. The Kier molecular flexibility index (Phi) is 6.70. The van der Waals surface area contributed by atoms with Crippen LogP contribution in [-0.4, -0.2) is 37.4 Å². The SMILES string of the molecule is CCC(NCCCO)C(=O)OC. The van der Waals surface area contributed by atoms with Gasteiger partial charge >= 0.3 is 5.97 Å². The lowest BCUT2D eigenvalue weighted by Crippen LogP contribution is -2.37. The Hall–Kier alpha value is -0.610. The Morgan fingerprint density at radius 3 is 2.75 bits per heavy atom. The van der Waals surface area contributed by atoms with Crippen LogP contribution in [0.3, 0.4) is 0 Å². The van der Waals surface area contributed by atoms with Crippen LogP contribution in [0.5, 0.6) is 0 Å². The standard InChI is InChI=1S/C8H17NO3/c1-3-7(8(11)12-2)9-5-4-6-10/h7,9-10H,3-6H2,1-2H3. The lowest BCUT2D eigenvalue weighted by Gasteiger charge is -2.13. The number of carbonyl (C=O) groups excluding carboxylic acids is 1. The van der Waals surface area contributed by atoms with E-state index in [4.69, 9.17) is 5.11 Å². The van der Waals surface area contributed by atoms with Crippen LogP contribution < -0.4 is 5.32 Å². The number of hydrogen-bond acceptors (Lipinski definition) is 4. The maximum Gasteiger partial charge on any atom is 0.322 e. The predicted molar refractivity (Wildman–Crippen MR) is 45.8 cm³/mol. The highest BCUT2D eigenvalue weighted by atomic mass is 16.5. The normalized spacial score (nSPS) is 12.6. The zero-order valence-corrected chi connectivity index (χ0v) is 7.67. The molecule has 0 amide bonds. The van der Waals surface area contributed by atoms with E-state index in [1.807, 2.05) is 6.92 Å². The van der Waals surface area contributed by atoms with Crippen LogP contribution in [0.1, 0.15) is 19.8 Å². The Morgan fingerprint density at radius 1 is 1.67 bits per heavy atom. The van der Waals surface area contributed by atoms with Crippen LogP contribution in [0.2, 0.25) is 0 Å². The number of hydrogen-bond donors (Lipinski definition) is 2. The first kappa shape index (κ1) is 11.4. The zero-order chi connectivity index (χ0) is 9.40. The van der Waals surface area contributed by atoms with Crippen molar-refractivity contribution in [3.05, 3.63) is 0 Å². The number of ether oxygens (including phenoxy) is 1. The fourth-order valence-electron chi connectivity index (χ4n) is 0.892. The number of esters is 1. The molecule has 0 radical (unpaired) electrons. The molecule has 0 aromatic heterocycles. The molecule has 0 spiro atoms. The minimum atomic E-state index is -0.240. The monoisotopic (exact) mass is 175 g/mol. The van der Waals surface area contributed by atoms with E-state index >= 15 is 0 Å². The Bertz CT molecular complexity index is 127. The summed E-state index contributed by atoms with van der Waals surface area (Å²) in [5.74, 6) is -0.240. The van der Waals surface area contributed by atoms with Crippen molar-refractivity contribution in [3.63, 3.8) is 0 Å². The molecule has 0 fully saturated rings. The van der Waals surface area contributed by atoms with Crippen molar-refractivity contribution in [2.75, 3.05) is 20.3 Å². The van der Waals surface area contributed by atoms with Crippen LogP contribution in [0.4, 0.5) is 0 Å². The van der Waals surface area contributed by atoms with Gasteiger partial charge in [0.1, 0.15) is 6.04 Å². The first-order valence-electron chi connectivity index (χ1n) is 4.18. The molecule has 0 aliphatic heterocycles. The largest absolute Gasteiger partial charge is 0.468 e.